The number of rotatable bonds is 3. The first kappa shape index (κ1) is 19.1. The molecule has 0 aromatic carbocycles. The van der Waals surface area contributed by atoms with E-state index in [2.05, 4.69) is 19.8 Å². The van der Waals surface area contributed by atoms with Gasteiger partial charge in [0.05, 0.1) is 24.4 Å². The number of nitrogens with two attached hydrogens (primary N) is 1. The third-order valence-corrected chi connectivity index (χ3v) is 7.13. The molecule has 1 aliphatic carbocycles. The van der Waals surface area contributed by atoms with E-state index in [0.717, 1.165) is 30.8 Å². The van der Waals surface area contributed by atoms with Crippen LogP contribution in [0.15, 0.2) is 18.5 Å². The van der Waals surface area contributed by atoms with Crippen LogP contribution in [-0.2, 0) is 4.74 Å². The van der Waals surface area contributed by atoms with Crippen LogP contribution in [0.2, 0.25) is 0 Å². The van der Waals surface area contributed by atoms with E-state index in [9.17, 15) is 8.78 Å². The van der Waals surface area contributed by atoms with Crippen molar-refractivity contribution in [2.24, 2.45) is 11.8 Å². The van der Waals surface area contributed by atoms with E-state index in [0.29, 0.717) is 37.4 Å². The number of piperidine rings is 1. The van der Waals surface area contributed by atoms with Crippen LogP contribution in [0.3, 0.4) is 0 Å². The number of morpholine rings is 1. The van der Waals surface area contributed by atoms with E-state index in [1.165, 1.54) is 0 Å². The number of fused-ring (bicyclic) bond motifs is 4. The first-order valence-electron chi connectivity index (χ1n) is 10.9. The second-order valence-corrected chi connectivity index (χ2v) is 9.27. The summed E-state index contributed by atoms with van der Waals surface area (Å²) in [6.45, 7) is 2.64. The predicted molar refractivity (Wildman–Crippen MR) is 111 cm³/mol. The van der Waals surface area contributed by atoms with Crippen molar-refractivity contribution >= 4 is 17.7 Å². The summed E-state index contributed by atoms with van der Waals surface area (Å²) >= 11 is 0. The molecule has 5 fully saturated rings. The molecule has 10 heteroatoms. The molecular formula is C21H25F2N7O. The maximum absolute atomic E-state index is 13.8. The number of halogens is 2. The highest BCUT2D eigenvalue weighted by molar-refractivity contribution is 5.64. The van der Waals surface area contributed by atoms with Crippen molar-refractivity contribution in [3.05, 3.63) is 18.5 Å². The largest absolute Gasteiger partial charge is 0.374 e. The Kier molecular flexibility index (Phi) is 4.28. The number of nitrogen functional groups attached to an aromatic ring is 1. The molecule has 0 spiro atoms. The summed E-state index contributed by atoms with van der Waals surface area (Å²) in [6, 6.07) is 2.25. The molecule has 6 heterocycles. The van der Waals surface area contributed by atoms with Crippen molar-refractivity contribution in [2.75, 3.05) is 41.8 Å². The van der Waals surface area contributed by atoms with E-state index >= 15 is 0 Å². The Balaban J connectivity index is 1.35. The van der Waals surface area contributed by atoms with Crippen molar-refractivity contribution in [3.63, 3.8) is 0 Å². The van der Waals surface area contributed by atoms with Gasteiger partial charge in [0.1, 0.15) is 5.82 Å². The highest BCUT2D eigenvalue weighted by Crippen LogP contribution is 2.47. The lowest BCUT2D eigenvalue weighted by atomic mass is 9.97. The van der Waals surface area contributed by atoms with Gasteiger partial charge < -0.3 is 20.3 Å². The van der Waals surface area contributed by atoms with Crippen LogP contribution in [0, 0.1) is 11.8 Å². The first-order chi connectivity index (χ1) is 14.9. The van der Waals surface area contributed by atoms with E-state index < -0.39 is 5.92 Å². The fourth-order valence-corrected chi connectivity index (χ4v) is 5.57. The van der Waals surface area contributed by atoms with Gasteiger partial charge in [0.25, 0.3) is 0 Å². The van der Waals surface area contributed by atoms with Crippen molar-refractivity contribution in [1.82, 2.24) is 19.9 Å². The molecule has 2 N–H and O–H groups in total. The molecule has 5 aliphatic rings. The average molecular weight is 429 g/mol. The molecule has 0 amide bonds. The lowest BCUT2D eigenvalue weighted by molar-refractivity contribution is -0.0228. The van der Waals surface area contributed by atoms with Crippen LogP contribution in [0.1, 0.15) is 25.7 Å². The fraction of sp³-hybridized carbons (Fsp3) is 0.619. The molecule has 2 aromatic heterocycles. The van der Waals surface area contributed by atoms with Crippen LogP contribution < -0.4 is 15.5 Å². The predicted octanol–water partition coefficient (Wildman–Crippen LogP) is 2.36. The van der Waals surface area contributed by atoms with Crippen LogP contribution in [0.25, 0.3) is 11.3 Å². The van der Waals surface area contributed by atoms with E-state index in [1.54, 1.807) is 12.4 Å². The molecule has 0 unspecified atom stereocenters. The number of hydrogen-bond acceptors (Lipinski definition) is 8. The molecule has 7 rings (SSSR count). The highest BCUT2D eigenvalue weighted by atomic mass is 19.3. The quantitative estimate of drug-likeness (QED) is 0.795. The Bertz CT molecular complexity index is 964. The van der Waals surface area contributed by atoms with Crippen LogP contribution in [0.4, 0.5) is 26.5 Å². The molecule has 4 aliphatic heterocycles. The van der Waals surface area contributed by atoms with Crippen molar-refractivity contribution in [3.8, 4) is 11.3 Å². The standard InChI is InChI=1S/C21H25F2N7O/c22-21(23)4-12-8-29(9-13(12)5-21)20-27-17(14-6-25-19(24)26-7-14)3-18(28-20)30-10-16-2-1-15(30)11-31-16/h3,6-7,12-13,15-16H,1-2,4-5,8-11H2,(H2,24,25,26)/t12-,13+,15-,16-/m0/s1. The fourth-order valence-electron chi connectivity index (χ4n) is 5.57. The molecule has 31 heavy (non-hydrogen) atoms. The number of anilines is 3. The summed E-state index contributed by atoms with van der Waals surface area (Å²) in [7, 11) is 0. The highest BCUT2D eigenvalue weighted by Gasteiger charge is 2.50. The summed E-state index contributed by atoms with van der Waals surface area (Å²) in [6.07, 6.45) is 5.60. The molecule has 2 aromatic rings. The summed E-state index contributed by atoms with van der Waals surface area (Å²) in [5, 5.41) is 0. The molecule has 1 saturated carbocycles. The lowest BCUT2D eigenvalue weighted by Crippen LogP contribution is -2.55. The lowest BCUT2D eigenvalue weighted by Gasteiger charge is -2.45. The normalized spacial score (nSPS) is 31.3. The zero-order valence-corrected chi connectivity index (χ0v) is 17.1. The van der Waals surface area contributed by atoms with Gasteiger partial charge in [0, 0.05) is 56.5 Å². The zero-order valence-electron chi connectivity index (χ0n) is 17.1. The number of ether oxygens (including phenoxy) is 1. The summed E-state index contributed by atoms with van der Waals surface area (Å²) < 4.78 is 33.5. The third kappa shape index (κ3) is 3.46. The molecule has 2 bridgehead atoms. The average Bonchev–Trinajstić information content (AvgIpc) is 3.28. The van der Waals surface area contributed by atoms with Gasteiger partial charge in [-0.15, -0.1) is 0 Å². The van der Waals surface area contributed by atoms with Gasteiger partial charge in [0.2, 0.25) is 17.8 Å². The number of alkyl halides is 2. The van der Waals surface area contributed by atoms with E-state index in [1.807, 2.05) is 6.07 Å². The third-order valence-electron chi connectivity index (χ3n) is 7.13. The van der Waals surface area contributed by atoms with Gasteiger partial charge in [-0.25, -0.2) is 23.7 Å². The first-order valence-corrected chi connectivity index (χ1v) is 10.9. The van der Waals surface area contributed by atoms with Crippen LogP contribution in [0.5, 0.6) is 0 Å². The summed E-state index contributed by atoms with van der Waals surface area (Å²) in [4.78, 5) is 22.2. The van der Waals surface area contributed by atoms with Gasteiger partial charge >= 0.3 is 0 Å². The summed E-state index contributed by atoms with van der Waals surface area (Å²) in [5.74, 6) is -0.919. The molecular weight excluding hydrogens is 404 g/mol. The minimum Gasteiger partial charge on any atom is -0.374 e. The molecule has 4 saturated heterocycles. The second kappa shape index (κ2) is 6.94. The van der Waals surface area contributed by atoms with Crippen LogP contribution in [-0.4, -0.2) is 64.2 Å². The number of hydrogen-bond donors (Lipinski definition) is 1. The van der Waals surface area contributed by atoms with Gasteiger partial charge in [-0.1, -0.05) is 0 Å². The molecule has 8 nitrogen and oxygen atoms in total. The topological polar surface area (TPSA) is 93.3 Å². The Labute approximate surface area is 178 Å². The molecule has 4 atom stereocenters. The Morgan fingerprint density at radius 2 is 1.77 bits per heavy atom. The number of nitrogens with zero attached hydrogens (tertiary/aromatic N) is 6. The molecule has 0 radical (unpaired) electrons. The van der Waals surface area contributed by atoms with Gasteiger partial charge in [-0.2, -0.15) is 4.98 Å². The van der Waals surface area contributed by atoms with E-state index in [4.69, 9.17) is 20.4 Å². The van der Waals surface area contributed by atoms with Gasteiger partial charge in [-0.3, -0.25) is 0 Å². The van der Waals surface area contributed by atoms with Gasteiger partial charge in [-0.05, 0) is 24.7 Å². The Morgan fingerprint density at radius 1 is 1.03 bits per heavy atom. The van der Waals surface area contributed by atoms with Crippen molar-refractivity contribution < 1.29 is 13.5 Å². The van der Waals surface area contributed by atoms with Crippen LogP contribution >= 0.6 is 0 Å². The summed E-state index contributed by atoms with van der Waals surface area (Å²) in [5.41, 5.74) is 7.12. The molecule has 164 valence electrons. The Morgan fingerprint density at radius 3 is 2.39 bits per heavy atom. The van der Waals surface area contributed by atoms with Crippen molar-refractivity contribution in [1.29, 1.82) is 0 Å². The maximum atomic E-state index is 13.8. The van der Waals surface area contributed by atoms with Crippen molar-refractivity contribution in [2.45, 2.75) is 43.8 Å². The smallest absolute Gasteiger partial charge is 0.248 e. The minimum atomic E-state index is -2.54. The second-order valence-electron chi connectivity index (χ2n) is 9.27. The number of aromatic nitrogens is 4. The zero-order chi connectivity index (χ0) is 21.2. The SMILES string of the molecule is Nc1ncc(-c2cc(N3C[C@@H]4CC[C@H]3CO4)nc(N3C[C@@H]4CC(F)(F)C[C@@H]4C3)n2)cn1. The van der Waals surface area contributed by atoms with Gasteiger partial charge in [0.15, 0.2) is 0 Å². The minimum absolute atomic E-state index is 0.00929. The van der Waals surface area contributed by atoms with E-state index in [-0.39, 0.29) is 36.7 Å². The monoisotopic (exact) mass is 429 g/mol. The Hall–Kier alpha value is -2.62. The maximum Gasteiger partial charge on any atom is 0.248 e.